The zero-order valence-electron chi connectivity index (χ0n) is 12.6. The van der Waals surface area contributed by atoms with Crippen LogP contribution in [-0.2, 0) is 5.41 Å². The standard InChI is InChI=1S/C18H20FNO/c1-18(2,3)13-6-9-17-15(10-13)20-16(11-21-17)12-4-7-14(19)8-5-12/h4-10,16,20H,11H2,1-3H3/t16-/m0/s1. The van der Waals surface area contributed by atoms with Crippen molar-refractivity contribution in [1.29, 1.82) is 0 Å². The van der Waals surface area contributed by atoms with Gasteiger partial charge in [-0.15, -0.1) is 0 Å². The van der Waals surface area contributed by atoms with E-state index in [9.17, 15) is 4.39 Å². The van der Waals surface area contributed by atoms with Gasteiger partial charge in [-0.05, 0) is 40.8 Å². The maximum Gasteiger partial charge on any atom is 0.142 e. The van der Waals surface area contributed by atoms with Crippen LogP contribution in [0.15, 0.2) is 42.5 Å². The molecule has 2 aromatic rings. The molecule has 0 spiro atoms. The van der Waals surface area contributed by atoms with Gasteiger partial charge in [0.2, 0.25) is 0 Å². The molecule has 0 saturated heterocycles. The molecule has 0 radical (unpaired) electrons. The van der Waals surface area contributed by atoms with E-state index in [1.807, 2.05) is 6.07 Å². The van der Waals surface area contributed by atoms with Gasteiger partial charge in [-0.2, -0.15) is 0 Å². The molecular weight excluding hydrogens is 265 g/mol. The van der Waals surface area contributed by atoms with E-state index in [0.29, 0.717) is 6.61 Å². The van der Waals surface area contributed by atoms with Gasteiger partial charge in [-0.3, -0.25) is 0 Å². The molecule has 2 nitrogen and oxygen atoms in total. The first kappa shape index (κ1) is 13.9. The molecule has 1 heterocycles. The van der Waals surface area contributed by atoms with E-state index < -0.39 is 0 Å². The second kappa shape index (κ2) is 5.06. The number of nitrogens with one attached hydrogen (secondary N) is 1. The average Bonchev–Trinajstić information content (AvgIpc) is 2.46. The Bertz CT molecular complexity index is 643. The van der Waals surface area contributed by atoms with Gasteiger partial charge in [0.05, 0.1) is 11.7 Å². The van der Waals surface area contributed by atoms with Crippen LogP contribution in [0.5, 0.6) is 5.75 Å². The van der Waals surface area contributed by atoms with Crippen molar-refractivity contribution in [3.63, 3.8) is 0 Å². The lowest BCUT2D eigenvalue weighted by Gasteiger charge is -2.30. The number of ether oxygens (including phenoxy) is 1. The van der Waals surface area contributed by atoms with Gasteiger partial charge in [0.25, 0.3) is 0 Å². The van der Waals surface area contributed by atoms with Crippen molar-refractivity contribution in [2.24, 2.45) is 0 Å². The lowest BCUT2D eigenvalue weighted by molar-refractivity contribution is 0.286. The SMILES string of the molecule is CC(C)(C)c1ccc2c(c1)N[C@H](c1ccc(F)cc1)CO2. The predicted octanol–water partition coefficient (Wildman–Crippen LogP) is 4.67. The molecule has 2 aromatic carbocycles. The Kier molecular flexibility index (Phi) is 3.36. The monoisotopic (exact) mass is 285 g/mol. The van der Waals surface area contributed by atoms with Crippen LogP contribution in [-0.4, -0.2) is 6.61 Å². The van der Waals surface area contributed by atoms with Crippen molar-refractivity contribution in [3.8, 4) is 5.75 Å². The summed E-state index contributed by atoms with van der Waals surface area (Å²) < 4.78 is 18.9. The maximum absolute atomic E-state index is 13.0. The van der Waals surface area contributed by atoms with Crippen LogP contribution >= 0.6 is 0 Å². The Balaban J connectivity index is 1.88. The second-order valence-corrected chi connectivity index (χ2v) is 6.52. The van der Waals surface area contributed by atoms with Gasteiger partial charge in [-0.1, -0.05) is 39.0 Å². The number of halogens is 1. The summed E-state index contributed by atoms with van der Waals surface area (Å²) in [5.74, 6) is 0.659. The first-order chi connectivity index (χ1) is 9.93. The Labute approximate surface area is 125 Å². The highest BCUT2D eigenvalue weighted by molar-refractivity contribution is 5.61. The first-order valence-corrected chi connectivity index (χ1v) is 7.23. The number of anilines is 1. The van der Waals surface area contributed by atoms with Gasteiger partial charge in [0, 0.05) is 0 Å². The zero-order chi connectivity index (χ0) is 15.0. The van der Waals surface area contributed by atoms with Crippen LogP contribution in [0.4, 0.5) is 10.1 Å². The second-order valence-electron chi connectivity index (χ2n) is 6.52. The van der Waals surface area contributed by atoms with E-state index in [2.05, 4.69) is 38.2 Å². The summed E-state index contributed by atoms with van der Waals surface area (Å²) in [4.78, 5) is 0. The van der Waals surface area contributed by atoms with Crippen molar-refractivity contribution >= 4 is 5.69 Å². The Hall–Kier alpha value is -2.03. The minimum atomic E-state index is -0.217. The van der Waals surface area contributed by atoms with Crippen molar-refractivity contribution in [1.82, 2.24) is 0 Å². The minimum Gasteiger partial charge on any atom is -0.489 e. The largest absolute Gasteiger partial charge is 0.489 e. The lowest BCUT2D eigenvalue weighted by Crippen LogP contribution is -2.24. The van der Waals surface area contributed by atoms with Gasteiger partial charge in [0.15, 0.2) is 0 Å². The topological polar surface area (TPSA) is 21.3 Å². The van der Waals surface area contributed by atoms with Crippen molar-refractivity contribution < 1.29 is 9.13 Å². The molecule has 0 amide bonds. The van der Waals surface area contributed by atoms with Crippen molar-refractivity contribution in [3.05, 3.63) is 59.4 Å². The average molecular weight is 285 g/mol. The fourth-order valence-corrected chi connectivity index (χ4v) is 2.51. The molecule has 0 saturated carbocycles. The third-order valence-corrected chi connectivity index (χ3v) is 3.85. The highest BCUT2D eigenvalue weighted by Crippen LogP contribution is 2.37. The quantitative estimate of drug-likeness (QED) is 0.822. The number of hydrogen-bond donors (Lipinski definition) is 1. The summed E-state index contributed by atoms with van der Waals surface area (Å²) in [6.07, 6.45) is 0. The molecule has 1 aliphatic rings. The highest BCUT2D eigenvalue weighted by Gasteiger charge is 2.23. The number of rotatable bonds is 1. The Morgan fingerprint density at radius 1 is 1.10 bits per heavy atom. The molecule has 0 aliphatic carbocycles. The zero-order valence-corrected chi connectivity index (χ0v) is 12.6. The normalized spacial score (nSPS) is 17.6. The Morgan fingerprint density at radius 2 is 1.81 bits per heavy atom. The van der Waals surface area contributed by atoms with Crippen molar-refractivity contribution in [2.75, 3.05) is 11.9 Å². The third kappa shape index (κ3) is 2.87. The highest BCUT2D eigenvalue weighted by atomic mass is 19.1. The van der Waals surface area contributed by atoms with E-state index in [1.54, 1.807) is 12.1 Å². The summed E-state index contributed by atoms with van der Waals surface area (Å²) in [5, 5.41) is 3.50. The molecule has 3 heteroatoms. The fourth-order valence-electron chi connectivity index (χ4n) is 2.51. The Morgan fingerprint density at radius 3 is 2.48 bits per heavy atom. The fraction of sp³-hybridized carbons (Fsp3) is 0.333. The molecule has 0 aromatic heterocycles. The summed E-state index contributed by atoms with van der Waals surface area (Å²) in [5.41, 5.74) is 3.39. The molecule has 1 aliphatic heterocycles. The summed E-state index contributed by atoms with van der Waals surface area (Å²) in [6.45, 7) is 7.12. The molecule has 110 valence electrons. The van der Waals surface area contributed by atoms with E-state index in [1.165, 1.54) is 17.7 Å². The molecule has 0 fully saturated rings. The van der Waals surface area contributed by atoms with Crippen LogP contribution in [0, 0.1) is 5.82 Å². The molecule has 3 rings (SSSR count). The van der Waals surface area contributed by atoms with Crippen LogP contribution in [0.3, 0.4) is 0 Å². The number of benzene rings is 2. The number of hydrogen-bond acceptors (Lipinski definition) is 2. The molecule has 0 bridgehead atoms. The summed E-state index contributed by atoms with van der Waals surface area (Å²) in [6, 6.07) is 12.9. The molecule has 1 atom stereocenters. The lowest BCUT2D eigenvalue weighted by atomic mass is 9.86. The molecule has 21 heavy (non-hydrogen) atoms. The van der Waals surface area contributed by atoms with Crippen LogP contribution in [0.2, 0.25) is 0 Å². The smallest absolute Gasteiger partial charge is 0.142 e. The summed E-state index contributed by atoms with van der Waals surface area (Å²) in [7, 11) is 0. The first-order valence-electron chi connectivity index (χ1n) is 7.23. The third-order valence-electron chi connectivity index (χ3n) is 3.85. The van der Waals surface area contributed by atoms with Crippen LogP contribution < -0.4 is 10.1 Å². The van der Waals surface area contributed by atoms with E-state index in [0.717, 1.165) is 17.0 Å². The van der Waals surface area contributed by atoms with E-state index >= 15 is 0 Å². The van der Waals surface area contributed by atoms with Gasteiger partial charge < -0.3 is 10.1 Å². The van der Waals surface area contributed by atoms with E-state index in [-0.39, 0.29) is 17.3 Å². The predicted molar refractivity (Wildman–Crippen MR) is 83.4 cm³/mol. The van der Waals surface area contributed by atoms with E-state index in [4.69, 9.17) is 4.74 Å². The van der Waals surface area contributed by atoms with Gasteiger partial charge >= 0.3 is 0 Å². The van der Waals surface area contributed by atoms with Gasteiger partial charge in [-0.25, -0.2) is 4.39 Å². The summed E-state index contributed by atoms with van der Waals surface area (Å²) >= 11 is 0. The molecular formula is C18H20FNO. The molecule has 1 N–H and O–H groups in total. The number of fused-ring (bicyclic) bond motifs is 1. The van der Waals surface area contributed by atoms with Gasteiger partial charge in [0.1, 0.15) is 18.2 Å². The van der Waals surface area contributed by atoms with Crippen LogP contribution in [0.25, 0.3) is 0 Å². The van der Waals surface area contributed by atoms with Crippen molar-refractivity contribution in [2.45, 2.75) is 32.2 Å². The maximum atomic E-state index is 13.0. The molecule has 0 unspecified atom stereocenters. The van der Waals surface area contributed by atoms with Crippen LogP contribution in [0.1, 0.15) is 37.9 Å². The minimum absolute atomic E-state index is 0.0494.